The van der Waals surface area contributed by atoms with Gasteiger partial charge in [-0.15, -0.1) is 24.0 Å². The van der Waals surface area contributed by atoms with Crippen LogP contribution in [0.15, 0.2) is 35.3 Å². The first kappa shape index (κ1) is 24.7. The quantitative estimate of drug-likeness (QED) is 0.343. The van der Waals surface area contributed by atoms with Crippen LogP contribution in [-0.4, -0.2) is 68.0 Å². The minimum absolute atomic E-state index is 0. The fourth-order valence-electron chi connectivity index (χ4n) is 3.09. The molecule has 2 rings (SSSR count). The molecule has 6 nitrogen and oxygen atoms in total. The Bertz CT molecular complexity index is 606. The number of likely N-dealkylation sites (N-methyl/N-ethyl adjacent to an activating group) is 1. The summed E-state index contributed by atoms with van der Waals surface area (Å²) in [4.78, 5) is 20.5. The molecule has 0 spiro atoms. The summed E-state index contributed by atoms with van der Waals surface area (Å²) in [6, 6.07) is 11.0. The SMILES string of the molecule is CC(C)CNC(=NCC(=O)N(C)C)NC1CCCN(Cc2ccccc2)C1.I. The number of carbonyl (C=O) groups is 1. The first-order valence-electron chi connectivity index (χ1n) is 9.95. The second-order valence-corrected chi connectivity index (χ2v) is 7.93. The lowest BCUT2D eigenvalue weighted by Crippen LogP contribution is -2.51. The van der Waals surface area contributed by atoms with Crippen LogP contribution in [-0.2, 0) is 11.3 Å². The third-order valence-corrected chi connectivity index (χ3v) is 4.64. The molecule has 0 aromatic heterocycles. The molecule has 1 aliphatic rings. The predicted octanol–water partition coefficient (Wildman–Crippen LogP) is 2.55. The molecular formula is C21H36IN5O. The molecule has 1 aromatic carbocycles. The summed E-state index contributed by atoms with van der Waals surface area (Å²) >= 11 is 0. The first-order chi connectivity index (χ1) is 12.9. The van der Waals surface area contributed by atoms with Gasteiger partial charge in [-0.25, -0.2) is 4.99 Å². The van der Waals surface area contributed by atoms with E-state index in [2.05, 4.69) is 64.7 Å². The normalized spacial score (nSPS) is 17.8. The molecule has 7 heteroatoms. The largest absolute Gasteiger partial charge is 0.356 e. The number of nitrogens with zero attached hydrogens (tertiary/aromatic N) is 3. The minimum Gasteiger partial charge on any atom is -0.356 e. The van der Waals surface area contributed by atoms with Gasteiger partial charge in [-0.05, 0) is 30.9 Å². The third kappa shape index (κ3) is 9.23. The van der Waals surface area contributed by atoms with Gasteiger partial charge in [-0.3, -0.25) is 9.69 Å². The van der Waals surface area contributed by atoms with Crippen molar-refractivity contribution in [2.24, 2.45) is 10.9 Å². The summed E-state index contributed by atoms with van der Waals surface area (Å²) in [5.41, 5.74) is 1.35. The molecular weight excluding hydrogens is 465 g/mol. The Morgan fingerprint density at radius 2 is 2.00 bits per heavy atom. The van der Waals surface area contributed by atoms with E-state index in [9.17, 15) is 4.79 Å². The highest BCUT2D eigenvalue weighted by molar-refractivity contribution is 14.0. The summed E-state index contributed by atoms with van der Waals surface area (Å²) in [6.07, 6.45) is 2.29. The third-order valence-electron chi connectivity index (χ3n) is 4.64. The molecule has 1 fully saturated rings. The minimum atomic E-state index is 0. The molecule has 1 unspecified atom stereocenters. The van der Waals surface area contributed by atoms with Crippen molar-refractivity contribution in [2.45, 2.75) is 39.3 Å². The Labute approximate surface area is 187 Å². The predicted molar refractivity (Wildman–Crippen MR) is 127 cm³/mol. The van der Waals surface area contributed by atoms with Crippen molar-refractivity contribution in [3.63, 3.8) is 0 Å². The monoisotopic (exact) mass is 501 g/mol. The van der Waals surface area contributed by atoms with Crippen molar-refractivity contribution in [1.29, 1.82) is 0 Å². The summed E-state index contributed by atoms with van der Waals surface area (Å²) in [6.45, 7) is 8.42. The highest BCUT2D eigenvalue weighted by Crippen LogP contribution is 2.13. The Morgan fingerprint density at radius 3 is 2.64 bits per heavy atom. The van der Waals surface area contributed by atoms with Gasteiger partial charge in [0, 0.05) is 39.8 Å². The van der Waals surface area contributed by atoms with Gasteiger partial charge in [0.1, 0.15) is 6.54 Å². The van der Waals surface area contributed by atoms with Gasteiger partial charge in [0.15, 0.2) is 5.96 Å². The second-order valence-electron chi connectivity index (χ2n) is 7.93. The fourth-order valence-corrected chi connectivity index (χ4v) is 3.09. The Balaban J connectivity index is 0.00000392. The number of hydrogen-bond donors (Lipinski definition) is 2. The molecule has 1 saturated heterocycles. The van der Waals surface area contributed by atoms with Crippen molar-refractivity contribution in [2.75, 3.05) is 40.3 Å². The van der Waals surface area contributed by atoms with Gasteiger partial charge in [-0.1, -0.05) is 44.2 Å². The zero-order valence-electron chi connectivity index (χ0n) is 17.6. The number of hydrogen-bond acceptors (Lipinski definition) is 3. The van der Waals surface area contributed by atoms with Gasteiger partial charge in [0.25, 0.3) is 0 Å². The summed E-state index contributed by atoms with van der Waals surface area (Å²) < 4.78 is 0. The van der Waals surface area contributed by atoms with E-state index in [1.165, 1.54) is 12.0 Å². The smallest absolute Gasteiger partial charge is 0.243 e. The fraction of sp³-hybridized carbons (Fsp3) is 0.619. The number of aliphatic imine (C=N–C) groups is 1. The van der Waals surface area contributed by atoms with Crippen molar-refractivity contribution >= 4 is 35.8 Å². The van der Waals surface area contributed by atoms with Gasteiger partial charge >= 0.3 is 0 Å². The molecule has 1 heterocycles. The molecule has 0 bridgehead atoms. The van der Waals surface area contributed by atoms with Crippen molar-refractivity contribution in [3.05, 3.63) is 35.9 Å². The van der Waals surface area contributed by atoms with E-state index in [0.717, 1.165) is 38.6 Å². The lowest BCUT2D eigenvalue weighted by Gasteiger charge is -2.34. The van der Waals surface area contributed by atoms with Crippen LogP contribution in [0.2, 0.25) is 0 Å². The van der Waals surface area contributed by atoms with Crippen LogP contribution in [0.25, 0.3) is 0 Å². The highest BCUT2D eigenvalue weighted by atomic mass is 127. The van der Waals surface area contributed by atoms with E-state index in [1.807, 2.05) is 0 Å². The Morgan fingerprint density at radius 1 is 1.29 bits per heavy atom. The zero-order valence-corrected chi connectivity index (χ0v) is 20.0. The maximum Gasteiger partial charge on any atom is 0.243 e. The van der Waals surface area contributed by atoms with Crippen molar-refractivity contribution in [1.82, 2.24) is 20.4 Å². The van der Waals surface area contributed by atoms with Crippen LogP contribution in [0.5, 0.6) is 0 Å². The van der Waals surface area contributed by atoms with E-state index in [-0.39, 0.29) is 36.4 Å². The molecule has 0 saturated carbocycles. The molecule has 1 amide bonds. The van der Waals surface area contributed by atoms with E-state index < -0.39 is 0 Å². The number of piperidine rings is 1. The van der Waals surface area contributed by atoms with E-state index in [0.29, 0.717) is 12.0 Å². The zero-order chi connectivity index (χ0) is 19.6. The number of rotatable bonds is 7. The lowest BCUT2D eigenvalue weighted by molar-refractivity contribution is -0.127. The van der Waals surface area contributed by atoms with Gasteiger partial charge in [0.2, 0.25) is 5.91 Å². The molecule has 1 aromatic rings. The molecule has 158 valence electrons. The van der Waals surface area contributed by atoms with Crippen LogP contribution in [0.4, 0.5) is 0 Å². The molecule has 28 heavy (non-hydrogen) atoms. The van der Waals surface area contributed by atoms with Crippen LogP contribution >= 0.6 is 24.0 Å². The Hall–Kier alpha value is -1.35. The van der Waals surface area contributed by atoms with Gasteiger partial charge in [0.05, 0.1) is 0 Å². The molecule has 2 N–H and O–H groups in total. The number of guanidine groups is 1. The molecule has 0 radical (unpaired) electrons. The lowest BCUT2D eigenvalue weighted by atomic mass is 10.0. The van der Waals surface area contributed by atoms with E-state index in [1.54, 1.807) is 19.0 Å². The van der Waals surface area contributed by atoms with Crippen LogP contribution in [0.3, 0.4) is 0 Å². The van der Waals surface area contributed by atoms with E-state index >= 15 is 0 Å². The maximum absolute atomic E-state index is 11.9. The molecule has 1 aliphatic heterocycles. The molecule has 0 aliphatic carbocycles. The summed E-state index contributed by atoms with van der Waals surface area (Å²) in [5.74, 6) is 1.27. The summed E-state index contributed by atoms with van der Waals surface area (Å²) in [7, 11) is 3.52. The number of nitrogens with one attached hydrogen (secondary N) is 2. The number of amides is 1. The summed E-state index contributed by atoms with van der Waals surface area (Å²) in [5, 5.41) is 6.92. The van der Waals surface area contributed by atoms with Crippen LogP contribution < -0.4 is 10.6 Å². The van der Waals surface area contributed by atoms with E-state index in [4.69, 9.17) is 0 Å². The topological polar surface area (TPSA) is 60.0 Å². The average Bonchev–Trinajstić information content (AvgIpc) is 2.64. The van der Waals surface area contributed by atoms with Gasteiger partial charge < -0.3 is 15.5 Å². The average molecular weight is 501 g/mol. The number of benzene rings is 1. The maximum atomic E-state index is 11.9. The number of carbonyl (C=O) groups excluding carboxylic acids is 1. The Kier molecular flexibility index (Phi) is 11.4. The highest BCUT2D eigenvalue weighted by Gasteiger charge is 2.21. The molecule has 1 atom stereocenters. The van der Waals surface area contributed by atoms with Gasteiger partial charge in [-0.2, -0.15) is 0 Å². The number of likely N-dealkylation sites (tertiary alicyclic amines) is 1. The van der Waals surface area contributed by atoms with Crippen LogP contribution in [0, 0.1) is 5.92 Å². The first-order valence-corrected chi connectivity index (χ1v) is 9.95. The van der Waals surface area contributed by atoms with Crippen molar-refractivity contribution < 1.29 is 4.79 Å². The second kappa shape index (κ2) is 13.0. The van der Waals surface area contributed by atoms with Crippen LogP contribution in [0.1, 0.15) is 32.3 Å². The number of halogens is 1. The standard InChI is InChI=1S/C21H35N5O.HI/c1-17(2)13-22-21(23-14-20(27)25(3)4)24-19-11-8-12-26(16-19)15-18-9-6-5-7-10-18;/h5-7,9-10,17,19H,8,11-16H2,1-4H3,(H2,22,23,24);1H. The van der Waals surface area contributed by atoms with Crippen molar-refractivity contribution in [3.8, 4) is 0 Å².